The van der Waals surface area contributed by atoms with E-state index < -0.39 is 0 Å². The third-order valence-corrected chi connectivity index (χ3v) is 3.58. The van der Waals surface area contributed by atoms with Crippen LogP contribution in [0.4, 0.5) is 5.69 Å². The van der Waals surface area contributed by atoms with Crippen LogP contribution >= 0.6 is 0 Å². The zero-order valence-electron chi connectivity index (χ0n) is 10.2. The van der Waals surface area contributed by atoms with Crippen LogP contribution < -0.4 is 10.6 Å². The minimum absolute atomic E-state index is 0.573. The summed E-state index contributed by atoms with van der Waals surface area (Å²) in [5.74, 6) is 0. The molecular formula is C13H18N4. The molecular weight excluding hydrogens is 212 g/mol. The second-order valence-corrected chi connectivity index (χ2v) is 4.69. The molecule has 1 fully saturated rings. The molecule has 0 unspecified atom stereocenters. The summed E-state index contributed by atoms with van der Waals surface area (Å²) in [5, 5.41) is 1.24. The largest absolute Gasteiger partial charge is 0.371 e. The number of fused-ring (bicyclic) bond motifs is 1. The topological polar surface area (TPSA) is 47.1 Å². The molecule has 0 amide bonds. The molecule has 0 saturated carbocycles. The average molecular weight is 230 g/mol. The van der Waals surface area contributed by atoms with Gasteiger partial charge in [-0.2, -0.15) is 0 Å². The monoisotopic (exact) mass is 230 g/mol. The number of anilines is 1. The maximum absolute atomic E-state index is 5.84. The van der Waals surface area contributed by atoms with Crippen molar-refractivity contribution >= 4 is 16.7 Å². The SMILES string of the molecule is Cn1cc(CN)c2c(N3CCCC3)ccnc21. The second kappa shape index (κ2) is 4.04. The number of nitrogens with zero attached hydrogens (tertiary/aromatic N) is 3. The molecule has 1 saturated heterocycles. The van der Waals surface area contributed by atoms with Gasteiger partial charge in [0.25, 0.3) is 0 Å². The van der Waals surface area contributed by atoms with Crippen molar-refractivity contribution in [2.24, 2.45) is 12.8 Å². The Labute approximate surface area is 101 Å². The summed E-state index contributed by atoms with van der Waals surface area (Å²) in [6, 6.07) is 2.12. The maximum Gasteiger partial charge on any atom is 0.142 e. The quantitative estimate of drug-likeness (QED) is 0.853. The van der Waals surface area contributed by atoms with Gasteiger partial charge >= 0.3 is 0 Å². The molecule has 0 aliphatic carbocycles. The highest BCUT2D eigenvalue weighted by atomic mass is 15.2. The Balaban J connectivity index is 2.22. The molecule has 0 spiro atoms. The van der Waals surface area contributed by atoms with Gasteiger partial charge in [0.15, 0.2) is 0 Å². The smallest absolute Gasteiger partial charge is 0.142 e. The van der Waals surface area contributed by atoms with Crippen molar-refractivity contribution < 1.29 is 0 Å². The van der Waals surface area contributed by atoms with Gasteiger partial charge in [-0.1, -0.05) is 0 Å². The molecule has 17 heavy (non-hydrogen) atoms. The molecule has 0 aromatic carbocycles. The second-order valence-electron chi connectivity index (χ2n) is 4.69. The molecule has 1 aliphatic heterocycles. The van der Waals surface area contributed by atoms with Crippen LogP contribution in [-0.4, -0.2) is 22.6 Å². The molecule has 1 aliphatic rings. The van der Waals surface area contributed by atoms with E-state index in [9.17, 15) is 0 Å². The van der Waals surface area contributed by atoms with Crippen LogP contribution in [0, 0.1) is 0 Å². The van der Waals surface area contributed by atoms with Gasteiger partial charge < -0.3 is 15.2 Å². The molecule has 2 aromatic heterocycles. The summed E-state index contributed by atoms with van der Waals surface area (Å²) >= 11 is 0. The fourth-order valence-corrected chi connectivity index (χ4v) is 2.75. The molecule has 4 heteroatoms. The Morgan fingerprint density at radius 2 is 2.12 bits per heavy atom. The van der Waals surface area contributed by atoms with Crippen molar-refractivity contribution in [2.45, 2.75) is 19.4 Å². The van der Waals surface area contributed by atoms with Crippen molar-refractivity contribution in [2.75, 3.05) is 18.0 Å². The van der Waals surface area contributed by atoms with E-state index >= 15 is 0 Å². The highest BCUT2D eigenvalue weighted by Crippen LogP contribution is 2.31. The van der Waals surface area contributed by atoms with Gasteiger partial charge in [0, 0.05) is 50.1 Å². The van der Waals surface area contributed by atoms with E-state index in [0.717, 1.165) is 18.7 Å². The molecule has 2 N–H and O–H groups in total. The highest BCUT2D eigenvalue weighted by Gasteiger charge is 2.18. The Hall–Kier alpha value is -1.55. The van der Waals surface area contributed by atoms with Gasteiger partial charge in [0.05, 0.1) is 0 Å². The fraction of sp³-hybridized carbons (Fsp3) is 0.462. The number of hydrogen-bond donors (Lipinski definition) is 1. The lowest BCUT2D eigenvalue weighted by molar-refractivity contribution is 0.932. The first-order chi connectivity index (χ1) is 8.31. The predicted molar refractivity (Wildman–Crippen MR) is 70.1 cm³/mol. The number of pyridine rings is 1. The lowest BCUT2D eigenvalue weighted by Gasteiger charge is -2.19. The normalized spacial score (nSPS) is 16.0. The fourth-order valence-electron chi connectivity index (χ4n) is 2.75. The van der Waals surface area contributed by atoms with Crippen molar-refractivity contribution in [3.05, 3.63) is 24.0 Å². The molecule has 2 aromatic rings. The van der Waals surface area contributed by atoms with E-state index in [1.54, 1.807) is 0 Å². The van der Waals surface area contributed by atoms with Crippen LogP contribution in [0.25, 0.3) is 11.0 Å². The Kier molecular flexibility index (Phi) is 2.52. The van der Waals surface area contributed by atoms with Crippen LogP contribution in [-0.2, 0) is 13.6 Å². The van der Waals surface area contributed by atoms with Crippen LogP contribution in [0.1, 0.15) is 18.4 Å². The summed E-state index contributed by atoms with van der Waals surface area (Å²) in [5.41, 5.74) is 9.37. The van der Waals surface area contributed by atoms with Gasteiger partial charge in [-0.05, 0) is 24.5 Å². The first-order valence-electron chi connectivity index (χ1n) is 6.19. The van der Waals surface area contributed by atoms with Crippen LogP contribution in [0.2, 0.25) is 0 Å². The van der Waals surface area contributed by atoms with E-state index in [4.69, 9.17) is 5.73 Å². The third kappa shape index (κ3) is 1.60. The molecule has 0 atom stereocenters. The van der Waals surface area contributed by atoms with E-state index in [1.165, 1.54) is 29.5 Å². The summed E-state index contributed by atoms with van der Waals surface area (Å²) in [7, 11) is 2.03. The van der Waals surface area contributed by atoms with Crippen molar-refractivity contribution in [3.8, 4) is 0 Å². The van der Waals surface area contributed by atoms with Crippen LogP contribution in [0.3, 0.4) is 0 Å². The molecule has 3 heterocycles. The predicted octanol–water partition coefficient (Wildman–Crippen LogP) is 1.63. The number of nitrogens with two attached hydrogens (primary N) is 1. The van der Waals surface area contributed by atoms with Crippen molar-refractivity contribution in [3.63, 3.8) is 0 Å². The van der Waals surface area contributed by atoms with Gasteiger partial charge in [-0.25, -0.2) is 4.98 Å². The first kappa shape index (κ1) is 10.6. The van der Waals surface area contributed by atoms with E-state index in [2.05, 4.69) is 26.7 Å². The minimum atomic E-state index is 0.573. The van der Waals surface area contributed by atoms with Crippen LogP contribution in [0.5, 0.6) is 0 Å². The summed E-state index contributed by atoms with van der Waals surface area (Å²) in [4.78, 5) is 6.91. The number of aromatic nitrogens is 2. The maximum atomic E-state index is 5.84. The standard InChI is InChI=1S/C13H18N4/c1-16-9-10(8-14)12-11(4-5-15-13(12)16)17-6-2-3-7-17/h4-5,9H,2-3,6-8,14H2,1H3. The Morgan fingerprint density at radius 1 is 1.35 bits per heavy atom. The minimum Gasteiger partial charge on any atom is -0.371 e. The Morgan fingerprint density at radius 3 is 2.82 bits per heavy atom. The van der Waals surface area contributed by atoms with Gasteiger partial charge in [0.2, 0.25) is 0 Å². The first-order valence-corrected chi connectivity index (χ1v) is 6.19. The molecule has 90 valence electrons. The molecule has 0 radical (unpaired) electrons. The summed E-state index contributed by atoms with van der Waals surface area (Å²) in [6.45, 7) is 2.87. The lowest BCUT2D eigenvalue weighted by Crippen LogP contribution is -2.18. The molecule has 4 nitrogen and oxygen atoms in total. The number of rotatable bonds is 2. The summed E-state index contributed by atoms with van der Waals surface area (Å²) < 4.78 is 2.07. The number of hydrogen-bond acceptors (Lipinski definition) is 3. The summed E-state index contributed by atoms with van der Waals surface area (Å²) in [6.07, 6.45) is 6.57. The van der Waals surface area contributed by atoms with Crippen LogP contribution in [0.15, 0.2) is 18.5 Å². The van der Waals surface area contributed by atoms with Gasteiger partial charge in [-0.15, -0.1) is 0 Å². The third-order valence-electron chi connectivity index (χ3n) is 3.58. The van der Waals surface area contributed by atoms with E-state index in [0.29, 0.717) is 6.54 Å². The average Bonchev–Trinajstić information content (AvgIpc) is 2.97. The van der Waals surface area contributed by atoms with Gasteiger partial charge in [0.1, 0.15) is 5.65 Å². The zero-order chi connectivity index (χ0) is 11.8. The van der Waals surface area contributed by atoms with E-state index in [-0.39, 0.29) is 0 Å². The molecule has 3 rings (SSSR count). The molecule has 0 bridgehead atoms. The van der Waals surface area contributed by atoms with Crippen molar-refractivity contribution in [1.29, 1.82) is 0 Å². The van der Waals surface area contributed by atoms with Gasteiger partial charge in [-0.3, -0.25) is 0 Å². The Bertz CT molecular complexity index is 538. The lowest BCUT2D eigenvalue weighted by atomic mass is 10.2. The highest BCUT2D eigenvalue weighted by molar-refractivity contribution is 5.93. The van der Waals surface area contributed by atoms with Crippen molar-refractivity contribution in [1.82, 2.24) is 9.55 Å². The van der Waals surface area contributed by atoms with E-state index in [1.807, 2.05) is 13.2 Å². The number of aryl methyl sites for hydroxylation is 1. The zero-order valence-corrected chi connectivity index (χ0v) is 10.2.